The molecular formula is C16H18N4O. The van der Waals surface area contributed by atoms with Crippen molar-refractivity contribution in [2.45, 2.75) is 12.8 Å². The summed E-state index contributed by atoms with van der Waals surface area (Å²) in [6.07, 6.45) is 8.51. The van der Waals surface area contributed by atoms with Gasteiger partial charge < -0.3 is 15.2 Å². The normalized spacial score (nSPS) is 16.0. The Labute approximate surface area is 123 Å². The Kier molecular flexibility index (Phi) is 3.73. The Morgan fingerprint density at radius 3 is 3.05 bits per heavy atom. The van der Waals surface area contributed by atoms with Crippen molar-refractivity contribution in [3.05, 3.63) is 42.0 Å². The number of carbonyl (C=O) groups is 1. The first kappa shape index (κ1) is 13.4. The maximum absolute atomic E-state index is 11.0. The number of amides is 1. The lowest BCUT2D eigenvalue weighted by atomic mass is 9.99. The van der Waals surface area contributed by atoms with Crippen LogP contribution in [-0.2, 0) is 4.79 Å². The molecule has 108 valence electrons. The van der Waals surface area contributed by atoms with Gasteiger partial charge in [-0.25, -0.2) is 4.98 Å². The second-order valence-corrected chi connectivity index (χ2v) is 5.15. The van der Waals surface area contributed by atoms with Crippen molar-refractivity contribution >= 4 is 29.4 Å². The Morgan fingerprint density at radius 1 is 1.38 bits per heavy atom. The van der Waals surface area contributed by atoms with Crippen LogP contribution >= 0.6 is 0 Å². The van der Waals surface area contributed by atoms with Crippen molar-refractivity contribution in [3.63, 3.8) is 0 Å². The van der Waals surface area contributed by atoms with Gasteiger partial charge in [0.15, 0.2) is 0 Å². The second-order valence-electron chi connectivity index (χ2n) is 5.15. The number of rotatable bonds is 3. The van der Waals surface area contributed by atoms with Crippen LogP contribution in [0.25, 0.3) is 11.6 Å². The van der Waals surface area contributed by atoms with Crippen LogP contribution in [0.3, 0.4) is 0 Å². The number of carbonyl (C=O) groups excluding carboxylic acids is 1. The highest BCUT2D eigenvalue weighted by Crippen LogP contribution is 2.34. The van der Waals surface area contributed by atoms with Gasteiger partial charge >= 0.3 is 0 Å². The molecule has 2 N–H and O–H groups in total. The van der Waals surface area contributed by atoms with Gasteiger partial charge in [0.25, 0.3) is 0 Å². The summed E-state index contributed by atoms with van der Waals surface area (Å²) in [5.41, 5.74) is 5.39. The standard InChI is InChI=1S/C16H18N4O/c1-20(11-21)14-4-5-16-15(8-14)12(3-2-6-18-16)7-13-9-17-10-19-13/h4-5,7-11,18H,2-3,6H2,1H3,(H,17,19)/b12-7+. The summed E-state index contributed by atoms with van der Waals surface area (Å²) in [6, 6.07) is 6.06. The predicted octanol–water partition coefficient (Wildman–Crippen LogP) is 2.75. The predicted molar refractivity (Wildman–Crippen MR) is 85.1 cm³/mol. The molecule has 0 fully saturated rings. The van der Waals surface area contributed by atoms with Gasteiger partial charge in [-0.3, -0.25) is 4.79 Å². The van der Waals surface area contributed by atoms with Crippen LogP contribution in [0.1, 0.15) is 24.1 Å². The Bertz CT molecular complexity index is 661. The molecule has 0 spiro atoms. The maximum atomic E-state index is 11.0. The van der Waals surface area contributed by atoms with E-state index in [-0.39, 0.29) is 0 Å². The number of hydrogen-bond acceptors (Lipinski definition) is 3. The molecular weight excluding hydrogens is 264 g/mol. The molecule has 21 heavy (non-hydrogen) atoms. The molecule has 0 bridgehead atoms. The van der Waals surface area contributed by atoms with E-state index in [0.717, 1.165) is 48.4 Å². The van der Waals surface area contributed by atoms with Crippen LogP contribution in [0.5, 0.6) is 0 Å². The average molecular weight is 282 g/mol. The van der Waals surface area contributed by atoms with Crippen LogP contribution in [0, 0.1) is 0 Å². The lowest BCUT2D eigenvalue weighted by Gasteiger charge is -2.16. The summed E-state index contributed by atoms with van der Waals surface area (Å²) in [6.45, 7) is 0.955. The topological polar surface area (TPSA) is 61.0 Å². The molecule has 5 nitrogen and oxygen atoms in total. The molecule has 0 saturated heterocycles. The van der Waals surface area contributed by atoms with E-state index in [0.29, 0.717) is 0 Å². The third kappa shape index (κ3) is 2.81. The highest BCUT2D eigenvalue weighted by Gasteiger charge is 2.14. The van der Waals surface area contributed by atoms with Gasteiger partial charge in [0.2, 0.25) is 6.41 Å². The van der Waals surface area contributed by atoms with Gasteiger partial charge in [-0.05, 0) is 42.7 Å². The van der Waals surface area contributed by atoms with Crippen molar-refractivity contribution in [2.75, 3.05) is 23.8 Å². The summed E-state index contributed by atoms with van der Waals surface area (Å²) in [5.74, 6) is 0. The quantitative estimate of drug-likeness (QED) is 0.851. The minimum Gasteiger partial charge on any atom is -0.385 e. The number of nitrogens with one attached hydrogen (secondary N) is 2. The van der Waals surface area contributed by atoms with E-state index in [1.165, 1.54) is 5.57 Å². The first-order valence-electron chi connectivity index (χ1n) is 7.03. The van der Waals surface area contributed by atoms with Gasteiger partial charge in [0, 0.05) is 30.5 Å². The lowest BCUT2D eigenvalue weighted by molar-refractivity contribution is -0.107. The average Bonchev–Trinajstić information content (AvgIpc) is 2.94. The number of allylic oxidation sites excluding steroid dienone is 1. The molecule has 1 aromatic carbocycles. The number of nitrogens with zero attached hydrogens (tertiary/aromatic N) is 2. The van der Waals surface area contributed by atoms with Crippen LogP contribution < -0.4 is 10.2 Å². The molecule has 0 radical (unpaired) electrons. The van der Waals surface area contributed by atoms with Crippen molar-refractivity contribution < 1.29 is 4.79 Å². The van der Waals surface area contributed by atoms with Crippen LogP contribution in [0.15, 0.2) is 30.7 Å². The number of H-pyrrole nitrogens is 1. The van der Waals surface area contributed by atoms with Gasteiger partial charge in [0.05, 0.1) is 18.2 Å². The molecule has 1 aromatic heterocycles. The molecule has 2 heterocycles. The molecule has 3 rings (SSSR count). The molecule has 0 atom stereocenters. The van der Waals surface area contributed by atoms with Gasteiger partial charge in [-0.15, -0.1) is 0 Å². The smallest absolute Gasteiger partial charge is 0.213 e. The van der Waals surface area contributed by atoms with E-state index in [1.54, 1.807) is 18.3 Å². The van der Waals surface area contributed by atoms with Gasteiger partial charge in [-0.2, -0.15) is 0 Å². The summed E-state index contributed by atoms with van der Waals surface area (Å²) in [7, 11) is 1.76. The molecule has 5 heteroatoms. The zero-order valence-electron chi connectivity index (χ0n) is 12.0. The summed E-state index contributed by atoms with van der Waals surface area (Å²) >= 11 is 0. The second kappa shape index (κ2) is 5.83. The highest BCUT2D eigenvalue weighted by molar-refractivity contribution is 5.89. The Hall–Kier alpha value is -2.56. The first-order chi connectivity index (χ1) is 10.3. The fourth-order valence-corrected chi connectivity index (χ4v) is 2.55. The van der Waals surface area contributed by atoms with Crippen molar-refractivity contribution in [1.29, 1.82) is 0 Å². The SMILES string of the molecule is CN(C=O)c1ccc2c(c1)/C(=C/c1cnc[nH]1)CCCN2. The molecule has 1 aliphatic heterocycles. The molecule has 1 amide bonds. The molecule has 0 aliphatic carbocycles. The Morgan fingerprint density at radius 2 is 2.29 bits per heavy atom. The van der Waals surface area contributed by atoms with E-state index in [4.69, 9.17) is 0 Å². The number of fused-ring (bicyclic) bond motifs is 1. The number of hydrogen-bond donors (Lipinski definition) is 2. The fourth-order valence-electron chi connectivity index (χ4n) is 2.55. The maximum Gasteiger partial charge on any atom is 0.213 e. The van der Waals surface area contributed by atoms with E-state index < -0.39 is 0 Å². The van der Waals surface area contributed by atoms with E-state index in [9.17, 15) is 4.79 Å². The monoisotopic (exact) mass is 282 g/mol. The third-order valence-corrected chi connectivity index (χ3v) is 3.70. The van der Waals surface area contributed by atoms with Crippen LogP contribution in [-0.4, -0.2) is 30.0 Å². The fraction of sp³-hybridized carbons (Fsp3) is 0.250. The highest BCUT2D eigenvalue weighted by atomic mass is 16.1. The lowest BCUT2D eigenvalue weighted by Crippen LogP contribution is -2.14. The van der Waals surface area contributed by atoms with Gasteiger partial charge in [-0.1, -0.05) is 0 Å². The van der Waals surface area contributed by atoms with E-state index in [2.05, 4.69) is 27.4 Å². The molecule has 0 unspecified atom stereocenters. The first-order valence-corrected chi connectivity index (χ1v) is 7.03. The van der Waals surface area contributed by atoms with Gasteiger partial charge in [0.1, 0.15) is 0 Å². The number of aromatic nitrogens is 2. The van der Waals surface area contributed by atoms with Crippen molar-refractivity contribution in [1.82, 2.24) is 9.97 Å². The third-order valence-electron chi connectivity index (χ3n) is 3.70. The van der Waals surface area contributed by atoms with E-state index >= 15 is 0 Å². The van der Waals surface area contributed by atoms with Crippen LogP contribution in [0.4, 0.5) is 11.4 Å². The zero-order chi connectivity index (χ0) is 14.7. The number of aromatic amines is 1. The Balaban J connectivity index is 2.06. The zero-order valence-corrected chi connectivity index (χ0v) is 12.0. The molecule has 2 aromatic rings. The summed E-state index contributed by atoms with van der Waals surface area (Å²) in [5, 5.41) is 3.45. The van der Waals surface area contributed by atoms with Crippen molar-refractivity contribution in [2.24, 2.45) is 0 Å². The summed E-state index contributed by atoms with van der Waals surface area (Å²) < 4.78 is 0. The number of anilines is 2. The molecule has 0 saturated carbocycles. The van der Waals surface area contributed by atoms with Crippen molar-refractivity contribution in [3.8, 4) is 0 Å². The largest absolute Gasteiger partial charge is 0.385 e. The number of imidazole rings is 1. The summed E-state index contributed by atoms with van der Waals surface area (Å²) in [4.78, 5) is 19.7. The number of benzene rings is 1. The van der Waals surface area contributed by atoms with E-state index in [1.807, 2.05) is 18.3 Å². The minimum atomic E-state index is 0.824. The minimum absolute atomic E-state index is 0.824. The van der Waals surface area contributed by atoms with Crippen LogP contribution in [0.2, 0.25) is 0 Å². The molecule has 1 aliphatic rings.